The van der Waals surface area contributed by atoms with Gasteiger partial charge in [0.05, 0.1) is 5.75 Å². The molecule has 0 fully saturated rings. The molecule has 1 aromatic carbocycles. The molecule has 0 atom stereocenters. The van der Waals surface area contributed by atoms with E-state index in [1.807, 2.05) is 31.2 Å². The first-order valence-corrected chi connectivity index (χ1v) is 6.00. The normalized spacial score (nSPS) is 10.4. The minimum Gasteiger partial charge on any atom is -0.379 e. The van der Waals surface area contributed by atoms with Crippen LogP contribution < -0.4 is 5.73 Å². The van der Waals surface area contributed by atoms with Gasteiger partial charge in [-0.1, -0.05) is 40.7 Å². The summed E-state index contributed by atoms with van der Waals surface area (Å²) in [5.41, 5.74) is 7.30. The second-order valence-corrected chi connectivity index (χ2v) is 4.55. The van der Waals surface area contributed by atoms with Gasteiger partial charge < -0.3 is 10.3 Å². The molecule has 0 aliphatic carbocycles. The zero-order chi connectivity index (χ0) is 12.3. The van der Waals surface area contributed by atoms with Crippen molar-refractivity contribution in [2.75, 3.05) is 0 Å². The lowest BCUT2D eigenvalue weighted by molar-refractivity contribution is 0.392. The van der Waals surface area contributed by atoms with E-state index in [1.165, 1.54) is 0 Å². The van der Waals surface area contributed by atoms with Crippen molar-refractivity contribution in [3.8, 4) is 11.4 Å². The van der Waals surface area contributed by atoms with Gasteiger partial charge in [0.2, 0.25) is 11.7 Å². The Morgan fingerprint density at radius 3 is 3.06 bits per heavy atom. The van der Waals surface area contributed by atoms with E-state index in [1.54, 1.807) is 0 Å². The van der Waals surface area contributed by atoms with Gasteiger partial charge in [-0.15, -0.1) is 0 Å². The van der Waals surface area contributed by atoms with E-state index < -0.39 is 0 Å². The first kappa shape index (κ1) is 11.7. The van der Waals surface area contributed by atoms with Crippen LogP contribution in [-0.2, 0) is 5.75 Å². The van der Waals surface area contributed by atoms with Crippen LogP contribution in [0.3, 0.4) is 0 Å². The maximum Gasteiger partial charge on any atom is 0.237 e. The molecule has 0 spiro atoms. The monoisotopic (exact) mass is 248 g/mol. The molecule has 6 heteroatoms. The summed E-state index contributed by atoms with van der Waals surface area (Å²) in [5.74, 6) is 1.46. The molecule has 0 unspecified atom stereocenters. The summed E-state index contributed by atoms with van der Waals surface area (Å²) in [6.45, 7) is 2.01. The van der Waals surface area contributed by atoms with E-state index in [9.17, 15) is 0 Å². The molecule has 88 valence electrons. The number of benzene rings is 1. The molecule has 3 N–H and O–H groups in total. The fraction of sp³-hybridized carbons (Fsp3) is 0.182. The van der Waals surface area contributed by atoms with Crippen molar-refractivity contribution in [3.05, 3.63) is 35.7 Å². The van der Waals surface area contributed by atoms with E-state index in [-0.39, 0.29) is 5.17 Å². The highest BCUT2D eigenvalue weighted by atomic mass is 32.2. The van der Waals surface area contributed by atoms with Crippen molar-refractivity contribution in [3.63, 3.8) is 0 Å². The maximum absolute atomic E-state index is 7.09. The summed E-state index contributed by atoms with van der Waals surface area (Å²) in [6.07, 6.45) is 0. The van der Waals surface area contributed by atoms with Crippen molar-refractivity contribution in [2.24, 2.45) is 5.73 Å². The number of thioether (sulfide) groups is 1. The molecule has 1 aromatic heterocycles. The number of hydrogen-bond donors (Lipinski definition) is 2. The van der Waals surface area contributed by atoms with E-state index >= 15 is 0 Å². The van der Waals surface area contributed by atoms with Gasteiger partial charge in [-0.25, -0.2) is 0 Å². The van der Waals surface area contributed by atoms with Crippen LogP contribution >= 0.6 is 11.8 Å². The van der Waals surface area contributed by atoms with Gasteiger partial charge in [-0.2, -0.15) is 4.98 Å². The third-order valence-electron chi connectivity index (χ3n) is 2.10. The Balaban J connectivity index is 2.15. The first-order chi connectivity index (χ1) is 8.15. The van der Waals surface area contributed by atoms with Crippen LogP contribution in [0.1, 0.15) is 11.5 Å². The number of aryl methyl sites for hydroxylation is 1. The maximum atomic E-state index is 7.09. The lowest BCUT2D eigenvalue weighted by Crippen LogP contribution is -2.03. The zero-order valence-corrected chi connectivity index (χ0v) is 10.1. The van der Waals surface area contributed by atoms with Crippen molar-refractivity contribution < 1.29 is 4.52 Å². The molecule has 17 heavy (non-hydrogen) atoms. The van der Waals surface area contributed by atoms with Crippen molar-refractivity contribution in [1.82, 2.24) is 10.1 Å². The van der Waals surface area contributed by atoms with Crippen LogP contribution in [-0.4, -0.2) is 15.3 Å². The predicted molar refractivity (Wildman–Crippen MR) is 67.7 cm³/mol. The summed E-state index contributed by atoms with van der Waals surface area (Å²) >= 11 is 1.16. The number of nitrogens with two attached hydrogens (primary N) is 1. The highest BCUT2D eigenvalue weighted by Crippen LogP contribution is 2.18. The molecule has 0 aliphatic rings. The first-order valence-electron chi connectivity index (χ1n) is 5.01. The molecular formula is C11H12N4OS. The number of nitrogens with one attached hydrogen (secondary N) is 1. The third kappa shape index (κ3) is 3.07. The average molecular weight is 248 g/mol. The third-order valence-corrected chi connectivity index (χ3v) is 2.80. The molecule has 1 heterocycles. The predicted octanol–water partition coefficient (Wildman–Crippen LogP) is 2.17. The Kier molecular flexibility index (Phi) is 3.43. The largest absolute Gasteiger partial charge is 0.379 e. The molecule has 2 rings (SSSR count). The SMILES string of the molecule is Cc1cccc(-c2noc(CSC(=N)N)n2)c1. The number of rotatable bonds is 3. The fourth-order valence-electron chi connectivity index (χ4n) is 1.35. The van der Waals surface area contributed by atoms with Crippen LogP contribution in [0.4, 0.5) is 0 Å². The summed E-state index contributed by atoms with van der Waals surface area (Å²) in [7, 11) is 0. The van der Waals surface area contributed by atoms with Crippen LogP contribution in [0.15, 0.2) is 28.8 Å². The van der Waals surface area contributed by atoms with Gasteiger partial charge in [0.1, 0.15) is 0 Å². The van der Waals surface area contributed by atoms with Gasteiger partial charge in [-0.3, -0.25) is 5.41 Å². The summed E-state index contributed by atoms with van der Waals surface area (Å²) in [5, 5.41) is 11.0. The average Bonchev–Trinajstić information content (AvgIpc) is 2.75. The number of amidine groups is 1. The minimum absolute atomic E-state index is 0.0419. The van der Waals surface area contributed by atoms with Gasteiger partial charge in [-0.05, 0) is 13.0 Å². The van der Waals surface area contributed by atoms with Gasteiger partial charge >= 0.3 is 0 Å². The van der Waals surface area contributed by atoms with Crippen molar-refractivity contribution >= 4 is 16.9 Å². The molecule has 0 saturated heterocycles. The Morgan fingerprint density at radius 2 is 2.35 bits per heavy atom. The molecular weight excluding hydrogens is 236 g/mol. The standard InChI is InChI=1S/C11H12N4OS/c1-7-3-2-4-8(5-7)10-14-9(16-15-10)6-17-11(12)13/h2-5H,6H2,1H3,(H3,12,13). The van der Waals surface area contributed by atoms with Gasteiger partial charge in [0.25, 0.3) is 0 Å². The van der Waals surface area contributed by atoms with Crippen LogP contribution in [0.2, 0.25) is 0 Å². The van der Waals surface area contributed by atoms with Gasteiger partial charge in [0, 0.05) is 5.56 Å². The van der Waals surface area contributed by atoms with Crippen LogP contribution in [0.5, 0.6) is 0 Å². The molecule has 0 amide bonds. The topological polar surface area (TPSA) is 88.8 Å². The molecule has 0 aliphatic heterocycles. The lowest BCUT2D eigenvalue weighted by atomic mass is 10.1. The van der Waals surface area contributed by atoms with E-state index in [0.717, 1.165) is 22.9 Å². The van der Waals surface area contributed by atoms with Crippen molar-refractivity contribution in [2.45, 2.75) is 12.7 Å². The molecule has 5 nitrogen and oxygen atoms in total. The quantitative estimate of drug-likeness (QED) is 0.642. The molecule has 2 aromatic rings. The number of hydrogen-bond acceptors (Lipinski definition) is 5. The number of nitrogens with zero attached hydrogens (tertiary/aromatic N) is 2. The highest BCUT2D eigenvalue weighted by molar-refractivity contribution is 8.12. The van der Waals surface area contributed by atoms with E-state index in [4.69, 9.17) is 15.7 Å². The smallest absolute Gasteiger partial charge is 0.237 e. The Labute approximate surface area is 103 Å². The lowest BCUT2D eigenvalue weighted by Gasteiger charge is -1.95. The number of aromatic nitrogens is 2. The second kappa shape index (κ2) is 5.01. The highest BCUT2D eigenvalue weighted by Gasteiger charge is 2.08. The summed E-state index contributed by atoms with van der Waals surface area (Å²) in [4.78, 5) is 4.24. The summed E-state index contributed by atoms with van der Waals surface area (Å²) in [6, 6.07) is 7.88. The van der Waals surface area contributed by atoms with Crippen molar-refractivity contribution in [1.29, 1.82) is 5.41 Å². The van der Waals surface area contributed by atoms with E-state index in [2.05, 4.69) is 10.1 Å². The minimum atomic E-state index is 0.0419. The fourth-order valence-corrected chi connectivity index (χ4v) is 1.75. The Morgan fingerprint density at radius 1 is 1.53 bits per heavy atom. The Bertz CT molecular complexity index is 538. The molecule has 0 radical (unpaired) electrons. The van der Waals surface area contributed by atoms with Crippen LogP contribution in [0, 0.1) is 12.3 Å². The molecule has 0 saturated carbocycles. The van der Waals surface area contributed by atoms with E-state index in [0.29, 0.717) is 17.5 Å². The summed E-state index contributed by atoms with van der Waals surface area (Å²) < 4.78 is 5.08. The second-order valence-electron chi connectivity index (χ2n) is 3.53. The van der Waals surface area contributed by atoms with Crippen LogP contribution in [0.25, 0.3) is 11.4 Å². The zero-order valence-electron chi connectivity index (χ0n) is 9.30. The molecule has 0 bridgehead atoms. The van der Waals surface area contributed by atoms with Gasteiger partial charge in [0.15, 0.2) is 5.17 Å². The Hall–Kier alpha value is -1.82.